The van der Waals surface area contributed by atoms with E-state index in [1.165, 1.54) is 12.3 Å². The van der Waals surface area contributed by atoms with Crippen LogP contribution in [0, 0.1) is 0 Å². The van der Waals surface area contributed by atoms with Crippen molar-refractivity contribution in [3.8, 4) is 11.5 Å². The zero-order valence-electron chi connectivity index (χ0n) is 14.9. The summed E-state index contributed by atoms with van der Waals surface area (Å²) >= 11 is 6.55. The van der Waals surface area contributed by atoms with Crippen molar-refractivity contribution in [3.05, 3.63) is 57.7 Å². The van der Waals surface area contributed by atoms with Crippen LogP contribution in [0.5, 0.6) is 11.5 Å². The minimum atomic E-state index is -0.403. The molecule has 0 aliphatic carbocycles. The number of nitrogens with one attached hydrogen (secondary N) is 1. The van der Waals surface area contributed by atoms with Gasteiger partial charge >= 0.3 is 0 Å². The molecule has 2 aliphatic rings. The van der Waals surface area contributed by atoms with E-state index < -0.39 is 5.91 Å². The number of ether oxygens (including phenoxy) is 2. The van der Waals surface area contributed by atoms with E-state index in [4.69, 9.17) is 21.1 Å². The molecule has 3 heterocycles. The summed E-state index contributed by atoms with van der Waals surface area (Å²) in [6.45, 7) is 0.347. The first kappa shape index (κ1) is 19.3. The minimum Gasteiger partial charge on any atom is -0.454 e. The first-order valence-electron chi connectivity index (χ1n) is 8.56. The van der Waals surface area contributed by atoms with Crippen molar-refractivity contribution >= 4 is 46.5 Å². The molecule has 3 amide bonds. The molecule has 148 valence electrons. The highest BCUT2D eigenvalue weighted by molar-refractivity contribution is 8.18. The lowest BCUT2D eigenvalue weighted by Gasteiger charge is -2.13. The predicted octanol–water partition coefficient (Wildman–Crippen LogP) is 2.93. The summed E-state index contributed by atoms with van der Waals surface area (Å²) in [5.74, 6) is 0.469. The topological polar surface area (TPSA) is 97.8 Å². The molecule has 0 bridgehead atoms. The van der Waals surface area contributed by atoms with Crippen molar-refractivity contribution < 1.29 is 23.9 Å². The molecule has 0 spiro atoms. The van der Waals surface area contributed by atoms with E-state index in [0.717, 1.165) is 22.2 Å². The number of rotatable bonds is 5. The molecule has 29 heavy (non-hydrogen) atoms. The normalized spacial score (nSPS) is 16.6. The lowest BCUT2D eigenvalue weighted by Crippen LogP contribution is -2.37. The summed E-state index contributed by atoms with van der Waals surface area (Å²) in [7, 11) is 0. The molecule has 8 nitrogen and oxygen atoms in total. The number of amides is 3. The van der Waals surface area contributed by atoms with Gasteiger partial charge in [0.15, 0.2) is 11.5 Å². The van der Waals surface area contributed by atoms with E-state index in [1.54, 1.807) is 30.3 Å². The summed E-state index contributed by atoms with van der Waals surface area (Å²) in [6, 6.07) is 8.32. The van der Waals surface area contributed by atoms with Crippen LogP contribution in [0.15, 0.2) is 41.4 Å². The molecular formula is C19H14ClN3O5S. The fourth-order valence-corrected chi connectivity index (χ4v) is 3.72. The minimum absolute atomic E-state index is 0.0654. The molecule has 2 aliphatic heterocycles. The van der Waals surface area contributed by atoms with E-state index in [9.17, 15) is 14.4 Å². The van der Waals surface area contributed by atoms with Crippen LogP contribution in [0.2, 0.25) is 5.15 Å². The standard InChI is InChI=1S/C19H14ClN3O5S/c20-16-4-2-12(9-22-16)17(24)21-5-6-23-18(25)15(29-19(23)26)8-11-1-3-13-14(7-11)28-10-27-13/h1-4,7-9H,5-6,10H2,(H,21,24)/b15-8-. The first-order valence-corrected chi connectivity index (χ1v) is 9.75. The van der Waals surface area contributed by atoms with Gasteiger partial charge in [0, 0.05) is 19.3 Å². The lowest BCUT2D eigenvalue weighted by molar-refractivity contribution is -0.122. The number of aromatic nitrogens is 1. The van der Waals surface area contributed by atoms with Crippen LogP contribution >= 0.6 is 23.4 Å². The third-order valence-electron chi connectivity index (χ3n) is 4.18. The van der Waals surface area contributed by atoms with Crippen LogP contribution in [-0.4, -0.2) is 46.8 Å². The second kappa shape index (κ2) is 8.14. The van der Waals surface area contributed by atoms with Gasteiger partial charge in [-0.3, -0.25) is 19.3 Å². The van der Waals surface area contributed by atoms with Crippen molar-refractivity contribution in [1.29, 1.82) is 0 Å². The maximum absolute atomic E-state index is 12.6. The number of imide groups is 1. The molecule has 10 heteroatoms. The van der Waals surface area contributed by atoms with E-state index >= 15 is 0 Å². The zero-order chi connectivity index (χ0) is 20.4. The van der Waals surface area contributed by atoms with Gasteiger partial charge in [0.2, 0.25) is 6.79 Å². The van der Waals surface area contributed by atoms with E-state index in [0.29, 0.717) is 22.0 Å². The van der Waals surface area contributed by atoms with Gasteiger partial charge in [-0.2, -0.15) is 0 Å². The van der Waals surface area contributed by atoms with Gasteiger partial charge in [-0.05, 0) is 47.7 Å². The number of hydrogen-bond donors (Lipinski definition) is 1. The van der Waals surface area contributed by atoms with Crippen LogP contribution in [0.4, 0.5) is 4.79 Å². The van der Waals surface area contributed by atoms with Crippen LogP contribution in [0.1, 0.15) is 15.9 Å². The number of carbonyl (C=O) groups is 3. The second-order valence-corrected chi connectivity index (χ2v) is 7.45. The van der Waals surface area contributed by atoms with Crippen molar-refractivity contribution in [2.75, 3.05) is 19.9 Å². The first-order chi connectivity index (χ1) is 14.0. The van der Waals surface area contributed by atoms with E-state index in [2.05, 4.69) is 10.3 Å². The smallest absolute Gasteiger partial charge is 0.293 e. The Bertz CT molecular complexity index is 1030. The number of fused-ring (bicyclic) bond motifs is 1. The Morgan fingerprint density at radius 1 is 1.24 bits per heavy atom. The molecular weight excluding hydrogens is 418 g/mol. The van der Waals surface area contributed by atoms with Crippen LogP contribution in [-0.2, 0) is 4.79 Å². The number of nitrogens with zero attached hydrogens (tertiary/aromatic N) is 2. The molecule has 1 fully saturated rings. The monoisotopic (exact) mass is 431 g/mol. The molecule has 1 aromatic heterocycles. The van der Waals surface area contributed by atoms with Gasteiger partial charge in [-0.1, -0.05) is 17.7 Å². The van der Waals surface area contributed by atoms with E-state index in [1.807, 2.05) is 0 Å². The summed E-state index contributed by atoms with van der Waals surface area (Å²) in [5.41, 5.74) is 1.06. The summed E-state index contributed by atoms with van der Waals surface area (Å²) in [4.78, 5) is 42.1. The van der Waals surface area contributed by atoms with Gasteiger partial charge in [0.1, 0.15) is 5.15 Å². The summed E-state index contributed by atoms with van der Waals surface area (Å²) < 4.78 is 10.6. The van der Waals surface area contributed by atoms with Crippen molar-refractivity contribution in [2.24, 2.45) is 0 Å². The molecule has 1 saturated heterocycles. The molecule has 1 aromatic carbocycles. The molecule has 1 N–H and O–H groups in total. The molecule has 0 radical (unpaired) electrons. The van der Waals surface area contributed by atoms with Gasteiger partial charge in [-0.25, -0.2) is 4.98 Å². The van der Waals surface area contributed by atoms with Crippen molar-refractivity contribution in [3.63, 3.8) is 0 Å². The largest absolute Gasteiger partial charge is 0.454 e. The number of hydrogen-bond acceptors (Lipinski definition) is 7. The zero-order valence-corrected chi connectivity index (χ0v) is 16.5. The van der Waals surface area contributed by atoms with Crippen molar-refractivity contribution in [2.45, 2.75) is 0 Å². The van der Waals surface area contributed by atoms with Gasteiger partial charge < -0.3 is 14.8 Å². The molecule has 0 saturated carbocycles. The fourth-order valence-electron chi connectivity index (χ4n) is 2.74. The Hall–Kier alpha value is -3.04. The third-order valence-corrected chi connectivity index (χ3v) is 5.31. The van der Waals surface area contributed by atoms with Gasteiger partial charge in [0.25, 0.3) is 17.1 Å². The Kier molecular flexibility index (Phi) is 5.41. The quantitative estimate of drug-likeness (QED) is 0.574. The second-order valence-electron chi connectivity index (χ2n) is 6.07. The number of carbonyl (C=O) groups excluding carboxylic acids is 3. The Morgan fingerprint density at radius 3 is 2.86 bits per heavy atom. The van der Waals surface area contributed by atoms with E-state index in [-0.39, 0.29) is 36.2 Å². The summed E-state index contributed by atoms with van der Waals surface area (Å²) in [5, 5.41) is 2.55. The third kappa shape index (κ3) is 4.20. The van der Waals surface area contributed by atoms with Gasteiger partial charge in [-0.15, -0.1) is 0 Å². The maximum atomic E-state index is 12.6. The van der Waals surface area contributed by atoms with Crippen LogP contribution < -0.4 is 14.8 Å². The predicted molar refractivity (Wildman–Crippen MR) is 107 cm³/mol. The highest BCUT2D eigenvalue weighted by Gasteiger charge is 2.34. The SMILES string of the molecule is O=C(NCCN1C(=O)S/C(=C\c2ccc3c(c2)OCO3)C1=O)c1ccc(Cl)nc1. The molecule has 4 rings (SSSR count). The fraction of sp³-hybridized carbons (Fsp3) is 0.158. The van der Waals surface area contributed by atoms with Crippen molar-refractivity contribution in [1.82, 2.24) is 15.2 Å². The maximum Gasteiger partial charge on any atom is 0.293 e. The molecule has 2 aromatic rings. The highest BCUT2D eigenvalue weighted by Crippen LogP contribution is 2.36. The highest BCUT2D eigenvalue weighted by atomic mass is 35.5. The average molecular weight is 432 g/mol. The summed E-state index contributed by atoms with van der Waals surface area (Å²) in [6.07, 6.45) is 2.98. The Balaban J connectivity index is 1.37. The average Bonchev–Trinajstić information content (AvgIpc) is 3.27. The number of benzene rings is 1. The Morgan fingerprint density at radius 2 is 2.07 bits per heavy atom. The molecule has 0 atom stereocenters. The Labute approximate surface area is 174 Å². The number of halogens is 1. The van der Waals surface area contributed by atoms with Crippen LogP contribution in [0.25, 0.3) is 6.08 Å². The van der Waals surface area contributed by atoms with Crippen LogP contribution in [0.3, 0.4) is 0 Å². The molecule has 0 unspecified atom stereocenters. The van der Waals surface area contributed by atoms with Gasteiger partial charge in [0.05, 0.1) is 10.5 Å². The number of pyridine rings is 1. The lowest BCUT2D eigenvalue weighted by atomic mass is 10.2. The number of thioether (sulfide) groups is 1.